The summed E-state index contributed by atoms with van der Waals surface area (Å²) in [6.07, 6.45) is 1.73. The van der Waals surface area contributed by atoms with Gasteiger partial charge < -0.3 is 5.73 Å². The van der Waals surface area contributed by atoms with Crippen LogP contribution in [0.25, 0.3) is 0 Å². The van der Waals surface area contributed by atoms with E-state index < -0.39 is 0 Å². The fourth-order valence-electron chi connectivity index (χ4n) is 1.81. The van der Waals surface area contributed by atoms with E-state index in [0.29, 0.717) is 12.5 Å². The van der Waals surface area contributed by atoms with E-state index in [-0.39, 0.29) is 0 Å². The molecule has 0 atom stereocenters. The van der Waals surface area contributed by atoms with Crippen LogP contribution in [0.2, 0.25) is 0 Å². The molecule has 0 unspecified atom stereocenters. The molecule has 21 heavy (non-hydrogen) atoms. The Hall–Kier alpha value is -2.62. The smallest absolute Gasteiger partial charge is 0.209 e. The third-order valence-electron chi connectivity index (χ3n) is 3.20. The van der Waals surface area contributed by atoms with Crippen LogP contribution in [-0.4, -0.2) is 12.2 Å². The molecule has 108 valence electrons. The number of hydrogen-bond acceptors (Lipinski definition) is 2. The monoisotopic (exact) mass is 280 g/mol. The number of nitrogens with zero attached hydrogens (tertiary/aromatic N) is 2. The van der Waals surface area contributed by atoms with Crippen LogP contribution in [0.5, 0.6) is 0 Å². The number of hydrazone groups is 1. The van der Waals surface area contributed by atoms with Crippen LogP contribution in [0.4, 0.5) is 0 Å². The second kappa shape index (κ2) is 7.24. The number of aliphatic imine (C=N–C) groups is 1. The molecule has 2 rings (SSSR count). The maximum atomic E-state index is 5.76. The van der Waals surface area contributed by atoms with Crippen molar-refractivity contribution < 1.29 is 0 Å². The van der Waals surface area contributed by atoms with Gasteiger partial charge in [-0.2, -0.15) is 5.10 Å². The lowest BCUT2D eigenvalue weighted by Crippen LogP contribution is -2.27. The predicted octanol–water partition coefficient (Wildman–Crippen LogP) is 2.74. The van der Waals surface area contributed by atoms with Gasteiger partial charge in [0.2, 0.25) is 5.96 Å². The summed E-state index contributed by atoms with van der Waals surface area (Å²) in [6.45, 7) is 4.71. The zero-order valence-electron chi connectivity index (χ0n) is 12.4. The minimum atomic E-state index is 0.305. The molecule has 4 nitrogen and oxygen atoms in total. The van der Waals surface area contributed by atoms with Crippen molar-refractivity contribution in [3.63, 3.8) is 0 Å². The largest absolute Gasteiger partial charge is 0.369 e. The highest BCUT2D eigenvalue weighted by Gasteiger charge is 1.94. The van der Waals surface area contributed by atoms with Gasteiger partial charge in [0, 0.05) is 0 Å². The fourth-order valence-corrected chi connectivity index (χ4v) is 1.81. The predicted molar refractivity (Wildman–Crippen MR) is 88.4 cm³/mol. The van der Waals surface area contributed by atoms with Crippen molar-refractivity contribution in [2.45, 2.75) is 20.4 Å². The van der Waals surface area contributed by atoms with Crippen molar-refractivity contribution in [1.29, 1.82) is 0 Å². The van der Waals surface area contributed by atoms with Crippen molar-refractivity contribution in [2.24, 2.45) is 15.8 Å². The molecule has 4 heteroatoms. The lowest BCUT2D eigenvalue weighted by molar-refractivity contribution is 0.963. The second-order valence-corrected chi connectivity index (χ2v) is 4.90. The number of benzene rings is 2. The van der Waals surface area contributed by atoms with Crippen LogP contribution >= 0.6 is 0 Å². The zero-order chi connectivity index (χ0) is 15.1. The first kappa shape index (κ1) is 14.8. The summed E-state index contributed by atoms with van der Waals surface area (Å²) in [6, 6.07) is 16.1. The Balaban J connectivity index is 1.89. The molecule has 0 aromatic heterocycles. The number of nitrogens with one attached hydrogen (secondary N) is 1. The van der Waals surface area contributed by atoms with Gasteiger partial charge in [0.25, 0.3) is 0 Å². The van der Waals surface area contributed by atoms with E-state index in [1.165, 1.54) is 11.1 Å². The molecule has 0 fully saturated rings. The van der Waals surface area contributed by atoms with Crippen LogP contribution in [0.15, 0.2) is 58.6 Å². The number of nitrogens with two attached hydrogens (primary N) is 1. The van der Waals surface area contributed by atoms with Crippen molar-refractivity contribution in [2.75, 3.05) is 0 Å². The average Bonchev–Trinajstić information content (AvgIpc) is 2.50. The van der Waals surface area contributed by atoms with Gasteiger partial charge in [0.05, 0.1) is 12.8 Å². The number of hydrogen-bond donors (Lipinski definition) is 2. The molecule has 0 aliphatic heterocycles. The minimum Gasteiger partial charge on any atom is -0.369 e. The van der Waals surface area contributed by atoms with Crippen LogP contribution in [-0.2, 0) is 6.54 Å². The molecule has 0 aliphatic carbocycles. The average molecular weight is 280 g/mol. The summed E-state index contributed by atoms with van der Waals surface area (Å²) in [5, 5.41) is 4.09. The standard InChI is InChI=1S/C17H20N4/c1-13-8-9-16(10-14(13)2)12-20-21-17(18)19-11-15-6-4-3-5-7-15/h3-10,12H,11H2,1-2H3,(H3,18,19,21). The summed E-state index contributed by atoms with van der Waals surface area (Å²) in [4.78, 5) is 4.23. The van der Waals surface area contributed by atoms with Gasteiger partial charge in [-0.15, -0.1) is 0 Å². The molecule has 0 bridgehead atoms. The molecule has 0 heterocycles. The molecule has 0 amide bonds. The van der Waals surface area contributed by atoms with Crippen LogP contribution in [0.3, 0.4) is 0 Å². The molecule has 0 spiro atoms. The number of guanidine groups is 1. The highest BCUT2D eigenvalue weighted by atomic mass is 15.3. The molecular weight excluding hydrogens is 260 g/mol. The van der Waals surface area contributed by atoms with E-state index in [4.69, 9.17) is 5.73 Å². The van der Waals surface area contributed by atoms with Crippen molar-refractivity contribution in [3.8, 4) is 0 Å². The normalized spacial score (nSPS) is 11.8. The molecule has 2 aromatic rings. The number of rotatable bonds is 4. The van der Waals surface area contributed by atoms with Gasteiger partial charge in [-0.25, -0.2) is 10.4 Å². The summed E-state index contributed by atoms with van der Waals surface area (Å²) in [7, 11) is 0. The highest BCUT2D eigenvalue weighted by Crippen LogP contribution is 2.07. The van der Waals surface area contributed by atoms with Gasteiger partial charge >= 0.3 is 0 Å². The molecule has 2 aromatic carbocycles. The lowest BCUT2D eigenvalue weighted by atomic mass is 10.1. The van der Waals surface area contributed by atoms with Crippen molar-refractivity contribution in [3.05, 3.63) is 70.8 Å². The summed E-state index contributed by atoms with van der Waals surface area (Å²) < 4.78 is 0. The Labute approximate surface area is 125 Å². The van der Waals surface area contributed by atoms with E-state index >= 15 is 0 Å². The fraction of sp³-hybridized carbons (Fsp3) is 0.176. The Morgan fingerprint density at radius 2 is 1.86 bits per heavy atom. The van der Waals surface area contributed by atoms with Gasteiger partial charge in [-0.3, -0.25) is 0 Å². The maximum absolute atomic E-state index is 5.76. The van der Waals surface area contributed by atoms with Crippen LogP contribution < -0.4 is 11.2 Å². The topological polar surface area (TPSA) is 62.8 Å². The van der Waals surface area contributed by atoms with E-state index in [2.05, 4.69) is 41.5 Å². The second-order valence-electron chi connectivity index (χ2n) is 4.90. The maximum Gasteiger partial charge on any atom is 0.209 e. The minimum absolute atomic E-state index is 0.305. The van der Waals surface area contributed by atoms with E-state index in [0.717, 1.165) is 11.1 Å². The van der Waals surface area contributed by atoms with Gasteiger partial charge in [0.1, 0.15) is 0 Å². The van der Waals surface area contributed by atoms with Crippen LogP contribution in [0.1, 0.15) is 22.3 Å². The Bertz CT molecular complexity index is 645. The van der Waals surface area contributed by atoms with Crippen molar-refractivity contribution in [1.82, 2.24) is 5.43 Å². The van der Waals surface area contributed by atoms with Gasteiger partial charge in [0.15, 0.2) is 0 Å². The Kier molecular flexibility index (Phi) is 5.10. The first-order valence-corrected chi connectivity index (χ1v) is 6.85. The quantitative estimate of drug-likeness (QED) is 0.514. The van der Waals surface area contributed by atoms with Crippen molar-refractivity contribution >= 4 is 12.2 Å². The summed E-state index contributed by atoms with van der Waals surface area (Å²) in [5.74, 6) is 0.305. The Morgan fingerprint density at radius 1 is 1.10 bits per heavy atom. The SMILES string of the molecule is Cc1ccc(C=NNC(N)=NCc2ccccc2)cc1C. The first-order valence-electron chi connectivity index (χ1n) is 6.85. The third-order valence-corrected chi connectivity index (χ3v) is 3.20. The first-order chi connectivity index (χ1) is 10.1. The Morgan fingerprint density at radius 3 is 2.57 bits per heavy atom. The van der Waals surface area contributed by atoms with Gasteiger partial charge in [-0.05, 0) is 36.1 Å². The lowest BCUT2D eigenvalue weighted by Gasteiger charge is -2.02. The van der Waals surface area contributed by atoms with E-state index in [1.807, 2.05) is 36.4 Å². The number of aryl methyl sites for hydroxylation is 2. The third kappa shape index (κ3) is 4.76. The summed E-state index contributed by atoms with van der Waals surface area (Å²) >= 11 is 0. The highest BCUT2D eigenvalue weighted by molar-refractivity contribution is 5.83. The van der Waals surface area contributed by atoms with E-state index in [1.54, 1.807) is 6.21 Å². The van der Waals surface area contributed by atoms with Gasteiger partial charge in [-0.1, -0.05) is 48.5 Å². The molecular formula is C17H20N4. The molecule has 0 aliphatic rings. The molecule has 3 N–H and O–H groups in total. The molecule has 0 radical (unpaired) electrons. The zero-order valence-corrected chi connectivity index (χ0v) is 12.4. The molecule has 0 saturated heterocycles. The van der Waals surface area contributed by atoms with E-state index in [9.17, 15) is 0 Å². The summed E-state index contributed by atoms with van der Waals surface area (Å²) in [5.41, 5.74) is 13.1. The van der Waals surface area contributed by atoms with Crippen LogP contribution in [0, 0.1) is 13.8 Å². The molecule has 0 saturated carbocycles.